The molecule has 0 aliphatic rings. The zero-order valence-electron chi connectivity index (χ0n) is 10.3. The van der Waals surface area contributed by atoms with E-state index >= 15 is 0 Å². The van der Waals surface area contributed by atoms with E-state index in [-0.39, 0.29) is 18.6 Å². The van der Waals surface area contributed by atoms with Gasteiger partial charge in [-0.2, -0.15) is 0 Å². The van der Waals surface area contributed by atoms with Crippen LogP contribution in [0, 0.1) is 13.8 Å². The predicted octanol–water partition coefficient (Wildman–Crippen LogP) is 2.67. The first-order chi connectivity index (χ1) is 7.49. The second-order valence-electron chi connectivity index (χ2n) is 4.23. The van der Waals surface area contributed by atoms with Crippen LogP contribution in [-0.2, 0) is 9.53 Å². The molecule has 3 heteroatoms. The Bertz CT molecular complexity index is 372. The summed E-state index contributed by atoms with van der Waals surface area (Å²) in [5.41, 5.74) is 3.11. The van der Waals surface area contributed by atoms with E-state index in [9.17, 15) is 4.79 Å². The molecule has 0 aliphatic heterocycles. The van der Waals surface area contributed by atoms with E-state index in [1.54, 1.807) is 0 Å². The number of benzene rings is 1. The first kappa shape index (κ1) is 12.7. The molecule has 0 aliphatic carbocycles. The number of aryl methyl sites for hydroxylation is 2. The summed E-state index contributed by atoms with van der Waals surface area (Å²) in [6, 6.07) is 5.93. The Balaban J connectivity index is 2.56. The number of hydrogen-bond acceptors (Lipinski definition) is 2. The lowest BCUT2D eigenvalue weighted by Crippen LogP contribution is -2.21. The van der Waals surface area contributed by atoms with Crippen molar-refractivity contribution in [1.29, 1.82) is 0 Å². The summed E-state index contributed by atoms with van der Waals surface area (Å²) in [6.45, 7) is 7.92. The number of amides is 1. The first-order valence-electron chi connectivity index (χ1n) is 5.47. The van der Waals surface area contributed by atoms with Crippen molar-refractivity contribution in [1.82, 2.24) is 0 Å². The van der Waals surface area contributed by atoms with Crippen molar-refractivity contribution in [2.45, 2.75) is 33.8 Å². The highest BCUT2D eigenvalue weighted by Gasteiger charge is 2.05. The van der Waals surface area contributed by atoms with E-state index in [1.807, 2.05) is 45.9 Å². The highest BCUT2D eigenvalue weighted by molar-refractivity contribution is 5.92. The fourth-order valence-corrected chi connectivity index (χ4v) is 1.38. The number of anilines is 1. The number of carbonyl (C=O) groups excluding carboxylic acids is 1. The fraction of sp³-hybridized carbons (Fsp3) is 0.462. The van der Waals surface area contributed by atoms with Crippen LogP contribution in [0.2, 0.25) is 0 Å². The van der Waals surface area contributed by atoms with Crippen LogP contribution >= 0.6 is 0 Å². The van der Waals surface area contributed by atoms with Gasteiger partial charge in [0.15, 0.2) is 0 Å². The third kappa shape index (κ3) is 4.03. The Hall–Kier alpha value is -1.35. The van der Waals surface area contributed by atoms with Crippen molar-refractivity contribution < 1.29 is 9.53 Å². The smallest absolute Gasteiger partial charge is 0.250 e. The third-order valence-corrected chi connectivity index (χ3v) is 2.20. The third-order valence-electron chi connectivity index (χ3n) is 2.20. The second-order valence-corrected chi connectivity index (χ2v) is 4.23. The highest BCUT2D eigenvalue weighted by atomic mass is 16.5. The Labute approximate surface area is 96.8 Å². The molecule has 1 aromatic carbocycles. The molecule has 0 saturated carbocycles. The Morgan fingerprint density at radius 3 is 2.62 bits per heavy atom. The lowest BCUT2D eigenvalue weighted by atomic mass is 10.1. The minimum Gasteiger partial charge on any atom is -0.369 e. The minimum absolute atomic E-state index is 0.0739. The topological polar surface area (TPSA) is 38.3 Å². The molecular formula is C13H19NO2. The van der Waals surface area contributed by atoms with Gasteiger partial charge in [0.2, 0.25) is 5.91 Å². The molecule has 0 aromatic heterocycles. The van der Waals surface area contributed by atoms with Crippen LogP contribution in [0.25, 0.3) is 0 Å². The molecule has 0 spiro atoms. The first-order valence-corrected chi connectivity index (χ1v) is 5.47. The summed E-state index contributed by atoms with van der Waals surface area (Å²) in [6.07, 6.45) is 0.0739. The molecule has 0 heterocycles. The Morgan fingerprint density at radius 2 is 2.06 bits per heavy atom. The van der Waals surface area contributed by atoms with Gasteiger partial charge in [-0.25, -0.2) is 0 Å². The highest BCUT2D eigenvalue weighted by Crippen LogP contribution is 2.15. The number of hydrogen-bond donors (Lipinski definition) is 1. The van der Waals surface area contributed by atoms with Gasteiger partial charge in [0.05, 0.1) is 6.10 Å². The largest absolute Gasteiger partial charge is 0.369 e. The van der Waals surface area contributed by atoms with Gasteiger partial charge in [-0.15, -0.1) is 0 Å². The van der Waals surface area contributed by atoms with Gasteiger partial charge < -0.3 is 10.1 Å². The summed E-state index contributed by atoms with van der Waals surface area (Å²) in [4.78, 5) is 11.5. The SMILES string of the molecule is Cc1ccc(NC(=O)COC(C)C)c(C)c1. The van der Waals surface area contributed by atoms with E-state index in [4.69, 9.17) is 4.74 Å². The van der Waals surface area contributed by atoms with Crippen molar-refractivity contribution in [3.8, 4) is 0 Å². The zero-order valence-corrected chi connectivity index (χ0v) is 10.3. The van der Waals surface area contributed by atoms with Gasteiger partial charge in [0.1, 0.15) is 6.61 Å². The summed E-state index contributed by atoms with van der Waals surface area (Å²) < 4.78 is 5.23. The lowest BCUT2D eigenvalue weighted by Gasteiger charge is -2.10. The van der Waals surface area contributed by atoms with E-state index < -0.39 is 0 Å². The van der Waals surface area contributed by atoms with Gasteiger partial charge in [-0.3, -0.25) is 4.79 Å². The number of rotatable bonds is 4. The summed E-state index contributed by atoms with van der Waals surface area (Å²) in [7, 11) is 0. The maximum Gasteiger partial charge on any atom is 0.250 e. The van der Waals surface area contributed by atoms with Crippen LogP contribution in [0.5, 0.6) is 0 Å². The van der Waals surface area contributed by atoms with Crippen LogP contribution in [-0.4, -0.2) is 18.6 Å². The predicted molar refractivity (Wildman–Crippen MR) is 65.6 cm³/mol. The van der Waals surface area contributed by atoms with Gasteiger partial charge >= 0.3 is 0 Å². The molecule has 0 atom stereocenters. The summed E-state index contributed by atoms with van der Waals surface area (Å²) in [5, 5.41) is 2.83. The molecule has 0 bridgehead atoms. The van der Waals surface area contributed by atoms with E-state index in [0.29, 0.717) is 0 Å². The van der Waals surface area contributed by atoms with Crippen molar-refractivity contribution >= 4 is 11.6 Å². The Kier molecular flexibility index (Phi) is 4.50. The van der Waals surface area contributed by atoms with E-state index in [2.05, 4.69) is 5.32 Å². The summed E-state index contributed by atoms with van der Waals surface area (Å²) >= 11 is 0. The normalized spacial score (nSPS) is 10.6. The maximum atomic E-state index is 11.5. The molecule has 0 unspecified atom stereocenters. The molecule has 16 heavy (non-hydrogen) atoms. The second kappa shape index (κ2) is 5.66. The molecule has 1 rings (SSSR count). The van der Waals surface area contributed by atoms with Crippen molar-refractivity contribution in [2.75, 3.05) is 11.9 Å². The maximum absolute atomic E-state index is 11.5. The summed E-state index contributed by atoms with van der Waals surface area (Å²) in [5.74, 6) is -0.111. The van der Waals surface area contributed by atoms with Crippen LogP contribution in [0.15, 0.2) is 18.2 Å². The van der Waals surface area contributed by atoms with Gasteiger partial charge in [0.25, 0.3) is 0 Å². The molecule has 1 amide bonds. The molecule has 1 N–H and O–H groups in total. The molecule has 1 aromatic rings. The molecule has 88 valence electrons. The van der Waals surface area contributed by atoms with Crippen LogP contribution < -0.4 is 5.32 Å². The molecule has 0 fully saturated rings. The van der Waals surface area contributed by atoms with E-state index in [1.165, 1.54) is 5.56 Å². The monoisotopic (exact) mass is 221 g/mol. The van der Waals surface area contributed by atoms with E-state index in [0.717, 1.165) is 11.3 Å². The number of carbonyl (C=O) groups is 1. The van der Waals surface area contributed by atoms with Gasteiger partial charge in [-0.1, -0.05) is 17.7 Å². The number of ether oxygens (including phenoxy) is 1. The molecular weight excluding hydrogens is 202 g/mol. The number of nitrogens with one attached hydrogen (secondary N) is 1. The quantitative estimate of drug-likeness (QED) is 0.848. The van der Waals surface area contributed by atoms with Crippen molar-refractivity contribution in [2.24, 2.45) is 0 Å². The molecule has 0 saturated heterocycles. The van der Waals surface area contributed by atoms with Crippen LogP contribution in [0.1, 0.15) is 25.0 Å². The van der Waals surface area contributed by atoms with Crippen molar-refractivity contribution in [3.63, 3.8) is 0 Å². The van der Waals surface area contributed by atoms with Crippen LogP contribution in [0.4, 0.5) is 5.69 Å². The Morgan fingerprint density at radius 1 is 1.38 bits per heavy atom. The molecule has 3 nitrogen and oxygen atoms in total. The average molecular weight is 221 g/mol. The standard InChI is InChI=1S/C13H19NO2/c1-9(2)16-8-13(15)14-12-6-5-10(3)7-11(12)4/h5-7,9H,8H2,1-4H3,(H,14,15). The zero-order chi connectivity index (χ0) is 12.1. The van der Waals surface area contributed by atoms with Crippen molar-refractivity contribution in [3.05, 3.63) is 29.3 Å². The molecule has 0 radical (unpaired) electrons. The lowest BCUT2D eigenvalue weighted by molar-refractivity contribution is -0.121. The van der Waals surface area contributed by atoms with Gasteiger partial charge in [-0.05, 0) is 39.3 Å². The van der Waals surface area contributed by atoms with Crippen LogP contribution in [0.3, 0.4) is 0 Å². The minimum atomic E-state index is -0.111. The average Bonchev–Trinajstić information content (AvgIpc) is 2.19. The fourth-order valence-electron chi connectivity index (χ4n) is 1.38. The van der Waals surface area contributed by atoms with Gasteiger partial charge in [0, 0.05) is 5.69 Å².